The van der Waals surface area contributed by atoms with Crippen LogP contribution in [-0.4, -0.2) is 112 Å². The number of piperidine rings is 1. The van der Waals surface area contributed by atoms with Crippen LogP contribution in [-0.2, 0) is 34.5 Å². The maximum absolute atomic E-state index is 16.8. The number of rotatable bonds is 10. The van der Waals surface area contributed by atoms with Crippen LogP contribution in [0, 0.1) is 17.8 Å². The van der Waals surface area contributed by atoms with Crippen molar-refractivity contribution in [3.63, 3.8) is 0 Å². The number of hydrogen-bond donors (Lipinski definition) is 4. The number of fused-ring (bicyclic) bond motifs is 6. The summed E-state index contributed by atoms with van der Waals surface area (Å²) in [6, 6.07) is 13.2. The molecule has 10 rings (SSSR count). The van der Waals surface area contributed by atoms with Gasteiger partial charge in [-0.25, -0.2) is 19.6 Å². The number of halogens is 2. The monoisotopic (exact) mass is 934 g/mol. The first-order valence-electron chi connectivity index (χ1n) is 23.4. The minimum Gasteiger partial charge on any atom is -0.453 e. The molecule has 68 heavy (non-hydrogen) atoms. The van der Waals surface area contributed by atoms with E-state index in [1.54, 1.807) is 35.4 Å². The molecule has 18 heteroatoms. The van der Waals surface area contributed by atoms with Gasteiger partial charge in [0.2, 0.25) is 11.8 Å². The van der Waals surface area contributed by atoms with Gasteiger partial charge in [-0.2, -0.15) is 8.78 Å². The molecule has 1 spiro atoms. The number of benzene rings is 3. The van der Waals surface area contributed by atoms with Crippen LogP contribution >= 0.6 is 0 Å². The molecular formula is C50H56F2N8O8. The number of nitrogens with zero attached hydrogens (tertiary/aromatic N) is 4. The number of aromatic amines is 2. The first-order chi connectivity index (χ1) is 32.6. The van der Waals surface area contributed by atoms with E-state index in [4.69, 9.17) is 23.9 Å². The van der Waals surface area contributed by atoms with Crippen molar-refractivity contribution >= 4 is 35.0 Å². The first kappa shape index (κ1) is 45.4. The van der Waals surface area contributed by atoms with E-state index in [9.17, 15) is 19.2 Å². The second-order valence-electron chi connectivity index (χ2n) is 19.5. The minimum atomic E-state index is -3.33. The Morgan fingerprint density at radius 3 is 2.04 bits per heavy atom. The molecule has 6 atom stereocenters. The summed E-state index contributed by atoms with van der Waals surface area (Å²) in [5.41, 5.74) is 4.36. The van der Waals surface area contributed by atoms with E-state index in [1.807, 2.05) is 56.9 Å². The summed E-state index contributed by atoms with van der Waals surface area (Å²) >= 11 is 0. The van der Waals surface area contributed by atoms with Gasteiger partial charge in [0, 0.05) is 29.2 Å². The second-order valence-corrected chi connectivity index (χ2v) is 19.5. The van der Waals surface area contributed by atoms with E-state index in [-0.39, 0.29) is 59.8 Å². The number of carbonyl (C=O) groups excluding carboxylic acids is 4. The van der Waals surface area contributed by atoms with Crippen molar-refractivity contribution in [1.29, 1.82) is 0 Å². The summed E-state index contributed by atoms with van der Waals surface area (Å²) in [5.74, 6) is -3.80. The van der Waals surface area contributed by atoms with Crippen molar-refractivity contribution in [3.05, 3.63) is 83.6 Å². The Hall–Kier alpha value is -6.40. The largest absolute Gasteiger partial charge is 0.453 e. The fraction of sp³-hybridized carbons (Fsp3) is 0.480. The number of imidazole rings is 2. The summed E-state index contributed by atoms with van der Waals surface area (Å²) in [6.45, 7) is 8.28. The average molecular weight is 935 g/mol. The first-order valence-corrected chi connectivity index (χ1v) is 23.4. The molecule has 3 aliphatic heterocycles. The molecule has 5 heterocycles. The molecule has 3 saturated heterocycles. The highest BCUT2D eigenvalue weighted by atomic mass is 19.3. The van der Waals surface area contributed by atoms with Crippen LogP contribution in [0.3, 0.4) is 0 Å². The Morgan fingerprint density at radius 2 is 1.38 bits per heavy atom. The predicted molar refractivity (Wildman–Crippen MR) is 245 cm³/mol. The van der Waals surface area contributed by atoms with Gasteiger partial charge in [-0.1, -0.05) is 58.0 Å². The third-order valence-electron chi connectivity index (χ3n) is 14.6. The van der Waals surface area contributed by atoms with E-state index in [0.29, 0.717) is 64.2 Å². The van der Waals surface area contributed by atoms with Gasteiger partial charge in [0.05, 0.1) is 69.0 Å². The lowest BCUT2D eigenvalue weighted by Gasteiger charge is -2.42. The van der Waals surface area contributed by atoms with Gasteiger partial charge in [-0.15, -0.1) is 0 Å². The zero-order chi connectivity index (χ0) is 47.8. The molecule has 358 valence electrons. The molecule has 16 nitrogen and oxygen atoms in total. The maximum Gasteiger partial charge on any atom is 0.407 e. The van der Waals surface area contributed by atoms with Gasteiger partial charge >= 0.3 is 12.2 Å². The normalized spacial score (nSPS) is 23.0. The Kier molecular flexibility index (Phi) is 11.5. The van der Waals surface area contributed by atoms with Gasteiger partial charge in [-0.05, 0) is 90.0 Å². The summed E-state index contributed by atoms with van der Waals surface area (Å²) < 4.78 is 55.2. The molecule has 5 aliphatic rings. The van der Waals surface area contributed by atoms with Gasteiger partial charge in [-0.3, -0.25) is 9.59 Å². The van der Waals surface area contributed by atoms with Crippen LogP contribution in [0.5, 0.6) is 0 Å². The number of amides is 4. The average Bonchev–Trinajstić information content (AvgIpc) is 4.21. The number of likely N-dealkylation sites (tertiary alicyclic amines) is 2. The number of nitrogens with one attached hydrogen (secondary N) is 4. The Balaban J connectivity index is 0.904. The standard InChI is InChI=1S/C50H56F2N8O8/c1-25(2)41(57-47(63)65-5)45(61)59-24-49(67-15-16-68-49)22-40(59)43-53-23-38(56-43)30-9-13-33-32-12-8-28(19-34(32)50(51,52)35(33)20-30)29-10-14-36-37(21-29)55-44(54-36)39-18-27-7-11-31(17-27)60(39)46(62)42(26(3)4)58-48(64)66-6/h8-10,12-14,19-21,23,25-27,31,39-42H,7,11,15-18,22,24H2,1-6H3,(H,53,56)(H,54,55)(H,57,63)(H,58,64). The van der Waals surface area contributed by atoms with E-state index in [1.165, 1.54) is 20.3 Å². The summed E-state index contributed by atoms with van der Waals surface area (Å²) in [7, 11) is 2.51. The zero-order valence-electron chi connectivity index (χ0n) is 38.9. The fourth-order valence-corrected chi connectivity index (χ4v) is 11.1. The molecule has 1 saturated carbocycles. The third kappa shape index (κ3) is 7.84. The molecule has 6 unspecified atom stereocenters. The Labute approximate surface area is 391 Å². The molecule has 4 amide bonds. The van der Waals surface area contributed by atoms with Crippen molar-refractivity contribution in [2.45, 2.75) is 102 Å². The smallest absolute Gasteiger partial charge is 0.407 e. The summed E-state index contributed by atoms with van der Waals surface area (Å²) in [4.78, 5) is 72.7. The van der Waals surface area contributed by atoms with Crippen LogP contribution in [0.1, 0.15) is 94.7 Å². The van der Waals surface area contributed by atoms with Crippen LogP contribution < -0.4 is 10.6 Å². The second kappa shape index (κ2) is 17.3. The highest BCUT2D eigenvalue weighted by Gasteiger charge is 2.53. The molecule has 2 aromatic heterocycles. The van der Waals surface area contributed by atoms with Crippen molar-refractivity contribution in [2.24, 2.45) is 17.8 Å². The molecule has 2 bridgehead atoms. The van der Waals surface area contributed by atoms with Crippen molar-refractivity contribution < 1.29 is 46.9 Å². The number of alkyl halides is 2. The van der Waals surface area contributed by atoms with E-state index < -0.39 is 42.0 Å². The lowest BCUT2D eigenvalue weighted by molar-refractivity contribution is -0.153. The van der Waals surface area contributed by atoms with Gasteiger partial charge in [0.25, 0.3) is 5.92 Å². The topological polar surface area (TPSA) is 193 Å². The number of aromatic nitrogens is 4. The van der Waals surface area contributed by atoms with Crippen LogP contribution in [0.2, 0.25) is 0 Å². The van der Waals surface area contributed by atoms with Crippen molar-refractivity contribution in [2.75, 3.05) is 34.0 Å². The predicted octanol–water partition coefficient (Wildman–Crippen LogP) is 7.96. The lowest BCUT2D eigenvalue weighted by Crippen LogP contribution is -2.55. The number of alkyl carbamates (subject to hydrolysis) is 2. The molecule has 4 fully saturated rings. The third-order valence-corrected chi connectivity index (χ3v) is 14.6. The van der Waals surface area contributed by atoms with Crippen molar-refractivity contribution in [3.8, 4) is 33.5 Å². The number of H-pyrrole nitrogens is 2. The van der Waals surface area contributed by atoms with Crippen LogP contribution in [0.4, 0.5) is 18.4 Å². The number of ether oxygens (including phenoxy) is 4. The van der Waals surface area contributed by atoms with E-state index in [2.05, 4.69) is 25.6 Å². The molecule has 4 N–H and O–H groups in total. The van der Waals surface area contributed by atoms with Crippen molar-refractivity contribution in [1.82, 2.24) is 40.4 Å². The van der Waals surface area contributed by atoms with Gasteiger partial charge in [0.15, 0.2) is 5.79 Å². The Morgan fingerprint density at radius 1 is 0.765 bits per heavy atom. The van der Waals surface area contributed by atoms with E-state index in [0.717, 1.165) is 36.8 Å². The SMILES string of the molecule is COC(=O)NC(C(=O)N1CC2(CC1c1ncc(-c3ccc4c(c3)C(F)(F)c3cc(-c5ccc6nc(C7CC8CCC(C8)N7C(=O)C(NC(=O)OC)C(C)C)[nH]c6c5)ccc3-4)[nH]1)OCCO2)C(C)C. The van der Waals surface area contributed by atoms with E-state index >= 15 is 8.78 Å². The van der Waals surface area contributed by atoms with Gasteiger partial charge in [0.1, 0.15) is 23.7 Å². The molecular weight excluding hydrogens is 879 g/mol. The lowest BCUT2D eigenvalue weighted by atomic mass is 9.90. The maximum atomic E-state index is 16.8. The van der Waals surface area contributed by atoms with Gasteiger partial charge < -0.3 is 49.3 Å². The fourth-order valence-electron chi connectivity index (χ4n) is 11.1. The Bertz CT molecular complexity index is 2800. The molecule has 0 radical (unpaired) electrons. The minimum absolute atomic E-state index is 0.0261. The number of carbonyl (C=O) groups is 4. The van der Waals surface area contributed by atoms with Crippen LogP contribution in [0.25, 0.3) is 44.5 Å². The highest BCUT2D eigenvalue weighted by Crippen LogP contribution is 2.53. The van der Waals surface area contributed by atoms with Crippen LogP contribution in [0.15, 0.2) is 60.8 Å². The number of hydrogen-bond acceptors (Lipinski definition) is 10. The quantitative estimate of drug-likeness (QED) is 0.107. The molecule has 3 aromatic carbocycles. The highest BCUT2D eigenvalue weighted by molar-refractivity contribution is 5.89. The number of methoxy groups -OCH3 is 2. The molecule has 2 aliphatic carbocycles. The zero-order valence-corrected chi connectivity index (χ0v) is 38.9. The molecule has 5 aromatic rings. The summed E-state index contributed by atoms with van der Waals surface area (Å²) in [5, 5.41) is 5.40. The summed E-state index contributed by atoms with van der Waals surface area (Å²) in [6.07, 6.45) is 4.00.